The molecule has 1 aliphatic rings. The average molecular weight is 675 g/mol. The minimum absolute atomic E-state index is 0.0359. The second kappa shape index (κ2) is 22.9. The van der Waals surface area contributed by atoms with Crippen LogP contribution in [0.25, 0.3) is 17.5 Å². The molecule has 0 aliphatic heterocycles. The third-order valence-electron chi connectivity index (χ3n) is 8.53. The minimum Gasteiger partial charge on any atom is -0.356 e. The Morgan fingerprint density at radius 3 is 2.28 bits per heavy atom. The normalized spacial score (nSPS) is 13.0. The number of nitrogens with zero attached hydrogens (tertiary/aromatic N) is 3. The van der Waals surface area contributed by atoms with Crippen LogP contribution in [0.3, 0.4) is 0 Å². The molecule has 2 aromatic heterocycles. The van der Waals surface area contributed by atoms with Gasteiger partial charge in [0.2, 0.25) is 0 Å². The standard InChI is InChI=1S/C21H25N3O.C14H22N2.C8H11N/c1-2-3-4-8-14-24-20(18-12-6-5-7-13-18)23-16-19(21(24)25)22-15-17-10-9-11-17;1-5-12(3)14-6-7-16-10-13(14)8-11(2)9-15-4;1-9-7-8-5-3-2-4-6-8/h4-8,12-13,15-16,22H,2-3,9-11,14H2,1H3;6-8,10,12,15H,5,9H2,1-4H3;2-6,9H,7H2,1H3/b8-4-;11-8+;. The van der Waals surface area contributed by atoms with Gasteiger partial charge in [-0.05, 0) is 81.8 Å². The number of rotatable bonds is 14. The Kier molecular flexibility index (Phi) is 18.3. The van der Waals surface area contributed by atoms with Crippen LogP contribution in [0.1, 0.15) is 88.8 Å². The van der Waals surface area contributed by atoms with Gasteiger partial charge >= 0.3 is 0 Å². The number of hydrogen-bond donors (Lipinski definition) is 3. The third-order valence-corrected chi connectivity index (χ3v) is 8.53. The maximum Gasteiger partial charge on any atom is 0.277 e. The molecule has 0 spiro atoms. The van der Waals surface area contributed by atoms with E-state index in [-0.39, 0.29) is 5.56 Å². The lowest BCUT2D eigenvalue weighted by Crippen LogP contribution is -2.25. The molecule has 7 heteroatoms. The average Bonchev–Trinajstić information content (AvgIpc) is 3.12. The maximum atomic E-state index is 12.9. The van der Waals surface area contributed by atoms with Crippen LogP contribution in [0.2, 0.25) is 0 Å². The summed E-state index contributed by atoms with van der Waals surface area (Å²) in [4.78, 5) is 21.7. The second-order valence-electron chi connectivity index (χ2n) is 12.7. The lowest BCUT2D eigenvalue weighted by Gasteiger charge is -2.17. The van der Waals surface area contributed by atoms with E-state index in [1.165, 1.54) is 34.3 Å². The van der Waals surface area contributed by atoms with Crippen molar-refractivity contribution in [3.63, 3.8) is 0 Å². The fourth-order valence-corrected chi connectivity index (χ4v) is 5.35. The van der Waals surface area contributed by atoms with E-state index in [1.54, 1.807) is 10.8 Å². The first-order valence-corrected chi connectivity index (χ1v) is 18.1. The molecule has 266 valence electrons. The van der Waals surface area contributed by atoms with Crippen molar-refractivity contribution in [2.45, 2.75) is 85.2 Å². The molecule has 0 radical (unpaired) electrons. The van der Waals surface area contributed by atoms with Crippen molar-refractivity contribution in [3.8, 4) is 11.4 Å². The largest absolute Gasteiger partial charge is 0.356 e. The predicted octanol–water partition coefficient (Wildman–Crippen LogP) is 9.37. The van der Waals surface area contributed by atoms with Crippen LogP contribution in [0, 0.1) is 0 Å². The molecule has 1 atom stereocenters. The predicted molar refractivity (Wildman–Crippen MR) is 213 cm³/mol. The highest BCUT2D eigenvalue weighted by Crippen LogP contribution is 2.25. The summed E-state index contributed by atoms with van der Waals surface area (Å²) >= 11 is 0. The Balaban J connectivity index is 0.000000230. The van der Waals surface area contributed by atoms with Crippen LogP contribution >= 0.6 is 0 Å². The van der Waals surface area contributed by atoms with Gasteiger partial charge in [-0.15, -0.1) is 0 Å². The van der Waals surface area contributed by atoms with Gasteiger partial charge in [0.25, 0.3) is 5.56 Å². The summed E-state index contributed by atoms with van der Waals surface area (Å²) < 4.78 is 1.74. The first-order valence-electron chi connectivity index (χ1n) is 18.1. The van der Waals surface area contributed by atoms with Crippen molar-refractivity contribution in [2.75, 3.05) is 26.0 Å². The van der Waals surface area contributed by atoms with Crippen LogP contribution in [0.5, 0.6) is 0 Å². The number of anilines is 1. The van der Waals surface area contributed by atoms with E-state index in [4.69, 9.17) is 0 Å². The molecule has 2 aromatic carbocycles. The second-order valence-corrected chi connectivity index (χ2v) is 12.7. The first-order chi connectivity index (χ1) is 24.4. The number of allylic oxidation sites excluding steroid dienone is 3. The lowest BCUT2D eigenvalue weighted by atomic mass is 9.94. The van der Waals surface area contributed by atoms with Gasteiger partial charge in [-0.25, -0.2) is 4.98 Å². The summed E-state index contributed by atoms with van der Waals surface area (Å²) in [5.74, 6) is 1.30. The highest BCUT2D eigenvalue weighted by molar-refractivity contribution is 5.58. The quantitative estimate of drug-likeness (QED) is 0.116. The molecular formula is C43H58N6O. The summed E-state index contributed by atoms with van der Waals surface area (Å²) in [6.45, 7) is 11.2. The maximum absolute atomic E-state index is 12.9. The minimum atomic E-state index is -0.0359. The van der Waals surface area contributed by atoms with Gasteiger partial charge in [0.15, 0.2) is 0 Å². The monoisotopic (exact) mass is 674 g/mol. The molecule has 0 amide bonds. The molecule has 4 aromatic rings. The number of pyridine rings is 1. The van der Waals surface area contributed by atoms with E-state index in [9.17, 15) is 4.79 Å². The summed E-state index contributed by atoms with van der Waals surface area (Å²) in [5.41, 5.74) is 8.13. The van der Waals surface area contributed by atoms with E-state index >= 15 is 0 Å². The Morgan fingerprint density at radius 1 is 0.940 bits per heavy atom. The Morgan fingerprint density at radius 2 is 1.66 bits per heavy atom. The highest BCUT2D eigenvalue weighted by atomic mass is 16.1. The van der Waals surface area contributed by atoms with E-state index in [1.807, 2.05) is 87.3 Å². The molecule has 50 heavy (non-hydrogen) atoms. The molecule has 1 fully saturated rings. The first kappa shape index (κ1) is 39.8. The highest BCUT2D eigenvalue weighted by Gasteiger charge is 2.12. The van der Waals surface area contributed by atoms with Gasteiger partial charge in [-0.2, -0.15) is 0 Å². The molecule has 5 rings (SSSR count). The lowest BCUT2D eigenvalue weighted by molar-refractivity contribution is 0.661. The van der Waals surface area contributed by atoms with E-state index in [2.05, 4.69) is 84.0 Å². The molecule has 7 nitrogen and oxygen atoms in total. The van der Waals surface area contributed by atoms with Gasteiger partial charge < -0.3 is 16.0 Å². The molecule has 0 bridgehead atoms. The van der Waals surface area contributed by atoms with Crippen molar-refractivity contribution in [2.24, 2.45) is 0 Å². The third kappa shape index (κ3) is 13.4. The van der Waals surface area contributed by atoms with Crippen molar-refractivity contribution in [3.05, 3.63) is 142 Å². The van der Waals surface area contributed by atoms with Crippen molar-refractivity contribution in [1.29, 1.82) is 0 Å². The SMILES string of the molecule is CCC(C)c1ccncc1/C=C(\C)CNC.CCC/C=C\Cn1c(-c2ccccc2)ncc(NC=C2CCC2)c1=O.CNCc1ccccc1. The number of nitrogens with one attached hydrogen (secondary N) is 3. The molecular weight excluding hydrogens is 617 g/mol. The van der Waals surface area contributed by atoms with Crippen molar-refractivity contribution in [1.82, 2.24) is 25.2 Å². The smallest absolute Gasteiger partial charge is 0.277 e. The topological polar surface area (TPSA) is 83.9 Å². The number of hydrogen-bond acceptors (Lipinski definition) is 6. The molecule has 1 unspecified atom stereocenters. The zero-order chi connectivity index (χ0) is 36.0. The Bertz CT molecular complexity index is 1690. The van der Waals surface area contributed by atoms with Gasteiger partial charge in [0.1, 0.15) is 11.5 Å². The molecule has 2 heterocycles. The van der Waals surface area contributed by atoms with Gasteiger partial charge in [-0.3, -0.25) is 14.3 Å². The number of aromatic nitrogens is 3. The number of unbranched alkanes of at least 4 members (excludes halogenated alkanes) is 1. The summed E-state index contributed by atoms with van der Waals surface area (Å²) in [6.07, 6.45) is 20.6. The van der Waals surface area contributed by atoms with E-state index < -0.39 is 0 Å². The molecule has 1 saturated carbocycles. The van der Waals surface area contributed by atoms with E-state index in [0.29, 0.717) is 24.0 Å². The van der Waals surface area contributed by atoms with Gasteiger partial charge in [-0.1, -0.05) is 117 Å². The Labute approximate surface area is 300 Å². The molecule has 1 aliphatic carbocycles. The van der Waals surface area contributed by atoms with E-state index in [0.717, 1.165) is 50.8 Å². The zero-order valence-corrected chi connectivity index (χ0v) is 31.1. The number of benzene rings is 2. The summed E-state index contributed by atoms with van der Waals surface area (Å²) in [6, 6.07) is 22.3. The van der Waals surface area contributed by atoms with Gasteiger partial charge in [0, 0.05) is 43.8 Å². The van der Waals surface area contributed by atoms with Crippen LogP contribution in [0.15, 0.2) is 120 Å². The fraction of sp³-hybridized carbons (Fsp3) is 0.372. The van der Waals surface area contributed by atoms with Crippen molar-refractivity contribution >= 4 is 11.8 Å². The van der Waals surface area contributed by atoms with Crippen LogP contribution in [-0.2, 0) is 13.1 Å². The summed E-state index contributed by atoms with van der Waals surface area (Å²) in [5, 5.41) is 9.40. The molecule has 0 saturated heterocycles. The van der Waals surface area contributed by atoms with Crippen LogP contribution in [-0.4, -0.2) is 35.2 Å². The van der Waals surface area contributed by atoms with Crippen LogP contribution < -0.4 is 21.5 Å². The van der Waals surface area contributed by atoms with Gasteiger partial charge in [0.05, 0.1) is 6.20 Å². The molecule has 3 N–H and O–H groups in total. The van der Waals surface area contributed by atoms with Crippen LogP contribution in [0.4, 0.5) is 5.69 Å². The number of likely N-dealkylation sites (N-methyl/N-ethyl adjacent to an activating group) is 1. The Hall–Kier alpha value is -4.59. The fourth-order valence-electron chi connectivity index (χ4n) is 5.35. The zero-order valence-electron chi connectivity index (χ0n) is 31.1. The van der Waals surface area contributed by atoms with Crippen molar-refractivity contribution < 1.29 is 0 Å². The summed E-state index contributed by atoms with van der Waals surface area (Å²) in [7, 11) is 3.92.